The minimum absolute atomic E-state index is 0.151. The second-order valence-corrected chi connectivity index (χ2v) is 10.3. The quantitative estimate of drug-likeness (QED) is 0.400. The van der Waals surface area contributed by atoms with Crippen LogP contribution in [0.25, 0.3) is 27.7 Å². The van der Waals surface area contributed by atoms with Crippen LogP contribution in [0, 0.1) is 5.82 Å². The largest absolute Gasteiger partial charge is 0.494 e. The van der Waals surface area contributed by atoms with Crippen LogP contribution in [0.3, 0.4) is 0 Å². The molecular weight excluding hydrogens is 495 g/mol. The number of piperidine rings is 1. The lowest BCUT2D eigenvalue weighted by atomic mass is 10.0. The molecule has 0 spiro atoms. The summed E-state index contributed by atoms with van der Waals surface area (Å²) in [5, 5.41) is 5.29. The zero-order valence-corrected chi connectivity index (χ0v) is 21.4. The number of pyridine rings is 1. The predicted octanol–water partition coefficient (Wildman–Crippen LogP) is 3.94. The monoisotopic (exact) mass is 525 g/mol. The second kappa shape index (κ2) is 9.70. The lowest BCUT2D eigenvalue weighted by Gasteiger charge is -2.39. The summed E-state index contributed by atoms with van der Waals surface area (Å²) in [4.78, 5) is 15.0. The molecule has 0 aliphatic carbocycles. The summed E-state index contributed by atoms with van der Waals surface area (Å²) in [5.74, 6) is -3.00. The third-order valence-corrected chi connectivity index (χ3v) is 7.70. The Labute approximate surface area is 218 Å². The molecule has 2 aliphatic heterocycles. The number of ether oxygens (including phenoxy) is 1. The summed E-state index contributed by atoms with van der Waals surface area (Å²) in [5.41, 5.74) is 3.78. The minimum Gasteiger partial charge on any atom is -0.494 e. The molecule has 3 aromatic heterocycles. The Morgan fingerprint density at radius 2 is 1.82 bits per heavy atom. The van der Waals surface area contributed by atoms with Gasteiger partial charge in [0.25, 0.3) is 5.92 Å². The zero-order chi connectivity index (χ0) is 26.4. The van der Waals surface area contributed by atoms with Crippen molar-refractivity contribution in [2.75, 3.05) is 58.3 Å². The number of halogens is 3. The smallest absolute Gasteiger partial charge is 0.272 e. The normalized spacial score (nSPS) is 19.8. The van der Waals surface area contributed by atoms with E-state index >= 15 is 0 Å². The summed E-state index contributed by atoms with van der Waals surface area (Å²) in [7, 11) is 3.20. The molecule has 5 heterocycles. The molecule has 4 aromatic rings. The number of anilines is 1. The van der Waals surface area contributed by atoms with Gasteiger partial charge in [-0.2, -0.15) is 5.10 Å². The molecule has 200 valence electrons. The van der Waals surface area contributed by atoms with Gasteiger partial charge in [0.05, 0.1) is 50.0 Å². The van der Waals surface area contributed by atoms with Gasteiger partial charge in [-0.05, 0) is 37.6 Å². The van der Waals surface area contributed by atoms with Gasteiger partial charge in [-0.15, -0.1) is 0 Å². The number of nitrogens with zero attached hydrogens (tertiary/aromatic N) is 7. The van der Waals surface area contributed by atoms with E-state index in [1.165, 1.54) is 13.2 Å². The average Bonchev–Trinajstić information content (AvgIpc) is 3.26. The highest BCUT2D eigenvalue weighted by Crippen LogP contribution is 2.34. The van der Waals surface area contributed by atoms with Crippen LogP contribution in [0.2, 0.25) is 0 Å². The number of fused-ring (bicyclic) bond motifs is 2. The molecular formula is C27H30F3N7O. The average molecular weight is 526 g/mol. The van der Waals surface area contributed by atoms with Crippen LogP contribution in [-0.2, 0) is 0 Å². The van der Waals surface area contributed by atoms with Crippen molar-refractivity contribution >= 4 is 22.2 Å². The molecule has 6 rings (SSSR count). The molecule has 2 fully saturated rings. The molecule has 38 heavy (non-hydrogen) atoms. The van der Waals surface area contributed by atoms with Crippen LogP contribution in [0.15, 0.2) is 43.0 Å². The van der Waals surface area contributed by atoms with E-state index in [0.717, 1.165) is 48.1 Å². The van der Waals surface area contributed by atoms with Gasteiger partial charge < -0.3 is 9.64 Å². The number of benzene rings is 1. The second-order valence-electron chi connectivity index (χ2n) is 10.3. The summed E-state index contributed by atoms with van der Waals surface area (Å²) < 4.78 is 49.8. The molecule has 0 bridgehead atoms. The number of aromatic nitrogens is 4. The number of hydrogen-bond donors (Lipinski definition) is 0. The first-order chi connectivity index (χ1) is 18.3. The first kappa shape index (κ1) is 24.9. The number of alkyl halides is 2. The third kappa shape index (κ3) is 4.64. The van der Waals surface area contributed by atoms with Gasteiger partial charge in [0.2, 0.25) is 0 Å². The van der Waals surface area contributed by atoms with Crippen molar-refractivity contribution in [2.24, 2.45) is 0 Å². The van der Waals surface area contributed by atoms with E-state index in [1.807, 2.05) is 23.4 Å². The topological polar surface area (TPSA) is 62.0 Å². The maximum Gasteiger partial charge on any atom is 0.272 e. The van der Waals surface area contributed by atoms with Crippen molar-refractivity contribution in [3.8, 4) is 16.9 Å². The Bertz CT molecular complexity index is 1470. The molecule has 11 heteroatoms. The molecule has 0 radical (unpaired) electrons. The molecule has 8 nitrogen and oxygen atoms in total. The lowest BCUT2D eigenvalue weighted by molar-refractivity contribution is -0.0428. The molecule has 0 amide bonds. The van der Waals surface area contributed by atoms with Crippen LogP contribution in [0.4, 0.5) is 18.9 Å². The van der Waals surface area contributed by atoms with Crippen LogP contribution < -0.4 is 9.64 Å². The number of likely N-dealkylation sites (N-methyl/N-ethyl adjacent to an activating group) is 1. The van der Waals surface area contributed by atoms with E-state index in [1.54, 1.807) is 34.9 Å². The van der Waals surface area contributed by atoms with Crippen molar-refractivity contribution in [2.45, 2.75) is 24.8 Å². The highest BCUT2D eigenvalue weighted by molar-refractivity contribution is 5.98. The number of methoxy groups -OCH3 is 1. The van der Waals surface area contributed by atoms with Crippen molar-refractivity contribution in [3.63, 3.8) is 0 Å². The molecule has 0 unspecified atom stereocenters. The van der Waals surface area contributed by atoms with E-state index in [4.69, 9.17) is 9.72 Å². The molecule has 2 aliphatic rings. The summed E-state index contributed by atoms with van der Waals surface area (Å²) in [6.45, 7) is 2.51. The van der Waals surface area contributed by atoms with Crippen molar-refractivity contribution in [1.29, 1.82) is 0 Å². The van der Waals surface area contributed by atoms with E-state index in [9.17, 15) is 13.2 Å². The molecule has 0 saturated carbocycles. The Hall–Kier alpha value is -3.44. The van der Waals surface area contributed by atoms with Gasteiger partial charge >= 0.3 is 0 Å². The Kier molecular flexibility index (Phi) is 6.35. The maximum atomic E-state index is 14.3. The first-order valence-corrected chi connectivity index (χ1v) is 12.8. The maximum absolute atomic E-state index is 14.3. The number of hydrogen-bond acceptors (Lipinski definition) is 7. The van der Waals surface area contributed by atoms with E-state index in [2.05, 4.69) is 15.0 Å². The fourth-order valence-electron chi connectivity index (χ4n) is 5.76. The zero-order valence-electron chi connectivity index (χ0n) is 21.4. The van der Waals surface area contributed by atoms with Crippen molar-refractivity contribution in [3.05, 3.63) is 48.8 Å². The predicted molar refractivity (Wildman–Crippen MR) is 139 cm³/mol. The third-order valence-electron chi connectivity index (χ3n) is 7.70. The Balaban J connectivity index is 1.22. The molecule has 2 saturated heterocycles. The van der Waals surface area contributed by atoms with Crippen LogP contribution >= 0.6 is 0 Å². The highest BCUT2D eigenvalue weighted by Gasteiger charge is 2.38. The van der Waals surface area contributed by atoms with Crippen molar-refractivity contribution in [1.82, 2.24) is 29.4 Å². The van der Waals surface area contributed by atoms with E-state index in [-0.39, 0.29) is 24.9 Å². The Morgan fingerprint density at radius 1 is 1.00 bits per heavy atom. The van der Waals surface area contributed by atoms with Crippen LogP contribution in [0.1, 0.15) is 12.8 Å². The molecule has 0 N–H and O–H groups in total. The fraction of sp³-hybridized carbons (Fsp3) is 0.444. The Morgan fingerprint density at radius 3 is 2.61 bits per heavy atom. The van der Waals surface area contributed by atoms with Gasteiger partial charge in [-0.1, -0.05) is 0 Å². The number of rotatable bonds is 4. The summed E-state index contributed by atoms with van der Waals surface area (Å²) in [6, 6.07) is 5.02. The highest BCUT2D eigenvalue weighted by atomic mass is 19.3. The SMILES string of the molecule is COc1cc2c(-c3cnn4cc(N5CCC(N6CCN(C)CC(F)(F)C6)CC5)cnc34)ccnc2cc1F. The minimum atomic E-state index is -2.69. The summed E-state index contributed by atoms with van der Waals surface area (Å²) in [6.07, 6.45) is 8.82. The van der Waals surface area contributed by atoms with Gasteiger partial charge in [0.1, 0.15) is 0 Å². The summed E-state index contributed by atoms with van der Waals surface area (Å²) >= 11 is 0. The lowest BCUT2D eigenvalue weighted by Crippen LogP contribution is -2.49. The van der Waals surface area contributed by atoms with Gasteiger partial charge in [-0.25, -0.2) is 22.7 Å². The van der Waals surface area contributed by atoms with E-state index < -0.39 is 11.7 Å². The molecule has 0 atom stereocenters. The first-order valence-electron chi connectivity index (χ1n) is 12.8. The van der Waals surface area contributed by atoms with E-state index in [0.29, 0.717) is 24.3 Å². The van der Waals surface area contributed by atoms with Crippen LogP contribution in [-0.4, -0.2) is 94.8 Å². The van der Waals surface area contributed by atoms with Gasteiger partial charge in [-0.3, -0.25) is 14.8 Å². The van der Waals surface area contributed by atoms with Gasteiger partial charge in [0.15, 0.2) is 17.2 Å². The standard InChI is InChI=1S/C27H30F3N7O/c1-34-9-10-36(17-27(29,30)16-34)18-4-7-35(8-5-18)19-13-32-26-22(14-33-37(26)15-19)20-3-6-31-24-12-23(28)25(38-2)11-21(20)24/h3,6,11-15,18H,4-5,7-10,16-17H2,1-2H3. The fourth-order valence-corrected chi connectivity index (χ4v) is 5.76. The van der Waals surface area contributed by atoms with Crippen molar-refractivity contribution < 1.29 is 17.9 Å². The molecule has 1 aromatic carbocycles. The van der Waals surface area contributed by atoms with Gasteiger partial charge in [0, 0.05) is 55.4 Å². The van der Waals surface area contributed by atoms with Crippen LogP contribution in [0.5, 0.6) is 5.75 Å².